The second-order valence-corrected chi connectivity index (χ2v) is 4.30. The van der Waals surface area contributed by atoms with Gasteiger partial charge < -0.3 is 4.74 Å². The summed E-state index contributed by atoms with van der Waals surface area (Å²) in [4.78, 5) is 3.56. The molecule has 0 fully saturated rings. The number of aromatic amines is 1. The Morgan fingerprint density at radius 1 is 1.26 bits per heavy atom. The van der Waals surface area contributed by atoms with Gasteiger partial charge in [0.25, 0.3) is 0 Å². The average molecular weight is 292 g/mol. The molecule has 19 heavy (non-hydrogen) atoms. The summed E-state index contributed by atoms with van der Waals surface area (Å²) in [5, 5.41) is 6.31. The molecule has 0 bridgehead atoms. The predicted octanol–water partition coefficient (Wildman–Crippen LogP) is 3.89. The lowest BCUT2D eigenvalue weighted by Gasteiger charge is -2.09. The van der Waals surface area contributed by atoms with Gasteiger partial charge in [0.15, 0.2) is 0 Å². The minimum absolute atomic E-state index is 0.121. The van der Waals surface area contributed by atoms with Gasteiger partial charge in [-0.3, -0.25) is 5.10 Å². The van der Waals surface area contributed by atoms with Gasteiger partial charge in [-0.1, -0.05) is 11.6 Å². The molecule has 0 unspecified atom stereocenters. The third-order valence-corrected chi connectivity index (χ3v) is 2.81. The van der Waals surface area contributed by atoms with Crippen LogP contribution in [0.5, 0.6) is 11.8 Å². The predicted molar refractivity (Wildman–Crippen MR) is 62.4 cm³/mol. The Bertz CT molecular complexity index is 610. The summed E-state index contributed by atoms with van der Waals surface area (Å²) in [6.07, 6.45) is -3.83. The standard InChI is InChI=1S/C11H9ClF3N3O/c1-5-6(2)17-18-9(5)19-10-8(12)3-7(4-16-10)11(13,14)15/h3-4H,1-2H3,(H,17,18). The monoisotopic (exact) mass is 291 g/mol. The number of aromatic nitrogens is 3. The molecule has 2 aromatic heterocycles. The summed E-state index contributed by atoms with van der Waals surface area (Å²) in [6, 6.07) is 0.763. The zero-order valence-corrected chi connectivity index (χ0v) is 10.7. The fraction of sp³-hybridized carbons (Fsp3) is 0.273. The molecule has 2 rings (SSSR count). The molecule has 2 heterocycles. The number of ether oxygens (including phenoxy) is 1. The van der Waals surface area contributed by atoms with Crippen LogP contribution < -0.4 is 4.74 Å². The lowest BCUT2D eigenvalue weighted by atomic mass is 10.3. The molecule has 0 aliphatic heterocycles. The minimum atomic E-state index is -4.49. The molecule has 0 spiro atoms. The summed E-state index contributed by atoms with van der Waals surface area (Å²) >= 11 is 5.72. The van der Waals surface area contributed by atoms with Crippen LogP contribution in [-0.2, 0) is 6.18 Å². The Balaban J connectivity index is 2.30. The number of alkyl halides is 3. The average Bonchev–Trinajstić information content (AvgIpc) is 2.62. The third-order valence-electron chi connectivity index (χ3n) is 2.54. The highest BCUT2D eigenvalue weighted by atomic mass is 35.5. The normalized spacial score (nSPS) is 11.7. The topological polar surface area (TPSA) is 50.8 Å². The highest BCUT2D eigenvalue weighted by Crippen LogP contribution is 2.34. The molecule has 8 heteroatoms. The Labute approximate surface area is 111 Å². The molecule has 0 amide bonds. The number of hydrogen-bond donors (Lipinski definition) is 1. The van der Waals surface area contributed by atoms with Crippen molar-refractivity contribution in [3.05, 3.63) is 34.1 Å². The first kappa shape index (κ1) is 13.7. The van der Waals surface area contributed by atoms with Crippen LogP contribution in [0.1, 0.15) is 16.8 Å². The van der Waals surface area contributed by atoms with Crippen molar-refractivity contribution in [1.29, 1.82) is 0 Å². The minimum Gasteiger partial charge on any atom is -0.417 e. The van der Waals surface area contributed by atoms with Crippen molar-refractivity contribution < 1.29 is 17.9 Å². The Kier molecular flexibility index (Phi) is 3.40. The van der Waals surface area contributed by atoms with E-state index < -0.39 is 11.7 Å². The van der Waals surface area contributed by atoms with Crippen LogP contribution >= 0.6 is 11.6 Å². The highest BCUT2D eigenvalue weighted by molar-refractivity contribution is 6.31. The summed E-state index contributed by atoms with van der Waals surface area (Å²) in [7, 11) is 0. The second kappa shape index (κ2) is 4.73. The first-order chi connectivity index (χ1) is 8.79. The fourth-order valence-corrected chi connectivity index (χ4v) is 1.51. The molecular formula is C11H9ClF3N3O. The molecule has 2 aromatic rings. The molecule has 4 nitrogen and oxygen atoms in total. The quantitative estimate of drug-likeness (QED) is 0.913. The molecule has 102 valence electrons. The summed E-state index contributed by atoms with van der Waals surface area (Å²) in [6.45, 7) is 3.54. The van der Waals surface area contributed by atoms with Crippen molar-refractivity contribution in [2.75, 3.05) is 0 Å². The van der Waals surface area contributed by atoms with Crippen LogP contribution in [0.4, 0.5) is 13.2 Å². The number of H-pyrrole nitrogens is 1. The van der Waals surface area contributed by atoms with Gasteiger partial charge in [-0.25, -0.2) is 4.98 Å². The van der Waals surface area contributed by atoms with Crippen LogP contribution in [0, 0.1) is 13.8 Å². The molecule has 0 saturated heterocycles. The van der Waals surface area contributed by atoms with Crippen molar-refractivity contribution in [2.24, 2.45) is 0 Å². The maximum Gasteiger partial charge on any atom is 0.417 e. The van der Waals surface area contributed by atoms with Crippen LogP contribution in [0.3, 0.4) is 0 Å². The van der Waals surface area contributed by atoms with E-state index in [0.717, 1.165) is 17.3 Å². The van der Waals surface area contributed by atoms with Crippen LogP contribution in [0.15, 0.2) is 12.3 Å². The van der Waals surface area contributed by atoms with E-state index in [2.05, 4.69) is 15.2 Å². The number of hydrogen-bond acceptors (Lipinski definition) is 3. The maximum absolute atomic E-state index is 12.4. The van der Waals surface area contributed by atoms with E-state index >= 15 is 0 Å². The van der Waals surface area contributed by atoms with Crippen molar-refractivity contribution in [3.63, 3.8) is 0 Å². The number of nitrogens with zero attached hydrogens (tertiary/aromatic N) is 2. The summed E-state index contributed by atoms with van der Waals surface area (Å²) in [5.41, 5.74) is 0.593. The first-order valence-electron chi connectivity index (χ1n) is 5.21. The van der Waals surface area contributed by atoms with Crippen molar-refractivity contribution in [1.82, 2.24) is 15.2 Å². The number of pyridine rings is 1. The second-order valence-electron chi connectivity index (χ2n) is 3.89. The molecule has 0 aliphatic carbocycles. The van der Waals surface area contributed by atoms with E-state index in [1.54, 1.807) is 13.8 Å². The van der Waals surface area contributed by atoms with Crippen molar-refractivity contribution in [2.45, 2.75) is 20.0 Å². The van der Waals surface area contributed by atoms with Crippen LogP contribution in [0.2, 0.25) is 5.02 Å². The maximum atomic E-state index is 12.4. The van der Waals surface area contributed by atoms with Crippen LogP contribution in [-0.4, -0.2) is 15.2 Å². The third kappa shape index (κ3) is 2.81. The van der Waals surface area contributed by atoms with Gasteiger partial charge in [0.05, 0.1) is 5.56 Å². The Morgan fingerprint density at radius 2 is 1.95 bits per heavy atom. The number of aryl methyl sites for hydroxylation is 1. The molecule has 0 atom stereocenters. The van der Waals surface area contributed by atoms with E-state index in [1.165, 1.54) is 0 Å². The Morgan fingerprint density at radius 3 is 2.42 bits per heavy atom. The van der Waals surface area contributed by atoms with Gasteiger partial charge >= 0.3 is 6.18 Å². The van der Waals surface area contributed by atoms with Gasteiger partial charge in [-0.05, 0) is 19.9 Å². The zero-order valence-electron chi connectivity index (χ0n) is 9.97. The summed E-state index contributed by atoms with van der Waals surface area (Å²) in [5.74, 6) is 0.107. The van der Waals surface area contributed by atoms with Gasteiger partial charge in [0.1, 0.15) is 5.02 Å². The highest BCUT2D eigenvalue weighted by Gasteiger charge is 2.31. The largest absolute Gasteiger partial charge is 0.417 e. The van der Waals surface area contributed by atoms with E-state index in [1.807, 2.05) is 0 Å². The molecule has 0 saturated carbocycles. The lowest BCUT2D eigenvalue weighted by Crippen LogP contribution is -2.05. The van der Waals surface area contributed by atoms with E-state index in [4.69, 9.17) is 16.3 Å². The van der Waals surface area contributed by atoms with Gasteiger partial charge in [-0.2, -0.15) is 13.2 Å². The molecular weight excluding hydrogens is 283 g/mol. The zero-order chi connectivity index (χ0) is 14.2. The number of rotatable bonds is 2. The molecule has 1 N–H and O–H groups in total. The van der Waals surface area contributed by atoms with E-state index in [9.17, 15) is 13.2 Å². The van der Waals surface area contributed by atoms with Gasteiger partial charge in [0, 0.05) is 17.5 Å². The van der Waals surface area contributed by atoms with Gasteiger partial charge in [0.2, 0.25) is 11.8 Å². The molecule has 0 aliphatic rings. The number of nitrogens with one attached hydrogen (secondary N) is 1. The molecule has 0 aromatic carbocycles. The van der Waals surface area contributed by atoms with Crippen molar-refractivity contribution >= 4 is 11.6 Å². The number of halogens is 4. The van der Waals surface area contributed by atoms with E-state index in [0.29, 0.717) is 6.20 Å². The lowest BCUT2D eigenvalue weighted by molar-refractivity contribution is -0.137. The first-order valence-corrected chi connectivity index (χ1v) is 5.59. The summed E-state index contributed by atoms with van der Waals surface area (Å²) < 4.78 is 42.6. The Hall–Kier alpha value is -1.76. The van der Waals surface area contributed by atoms with E-state index in [-0.39, 0.29) is 16.8 Å². The van der Waals surface area contributed by atoms with Crippen LogP contribution in [0.25, 0.3) is 0 Å². The van der Waals surface area contributed by atoms with Gasteiger partial charge in [-0.15, -0.1) is 5.10 Å². The molecule has 0 radical (unpaired) electrons. The fourth-order valence-electron chi connectivity index (χ4n) is 1.31. The smallest absolute Gasteiger partial charge is 0.417 e. The van der Waals surface area contributed by atoms with Crippen molar-refractivity contribution in [3.8, 4) is 11.8 Å². The SMILES string of the molecule is Cc1[nH]nc(Oc2ncc(C(F)(F)F)cc2Cl)c1C.